The fourth-order valence-electron chi connectivity index (χ4n) is 2.39. The molecular formula is C14H20N2O. The van der Waals surface area contributed by atoms with Crippen molar-refractivity contribution in [3.05, 3.63) is 35.9 Å². The third-order valence-corrected chi connectivity index (χ3v) is 3.26. The summed E-state index contributed by atoms with van der Waals surface area (Å²) in [6.45, 7) is 6.42. The summed E-state index contributed by atoms with van der Waals surface area (Å²) in [5.41, 5.74) is 1.07. The lowest BCUT2D eigenvalue weighted by atomic mass is 9.92. The number of nitrogens with zero attached hydrogens (tertiary/aromatic N) is 1. The highest BCUT2D eigenvalue weighted by Crippen LogP contribution is 2.31. The lowest BCUT2D eigenvalue weighted by Crippen LogP contribution is -2.44. The molecule has 1 aliphatic rings. The minimum atomic E-state index is -0.203. The fraction of sp³-hybridized carbons (Fsp3) is 0.500. The van der Waals surface area contributed by atoms with Crippen LogP contribution >= 0.6 is 0 Å². The molecular weight excluding hydrogens is 212 g/mol. The molecule has 1 fully saturated rings. The maximum atomic E-state index is 12.2. The van der Waals surface area contributed by atoms with Crippen molar-refractivity contribution >= 4 is 5.91 Å². The zero-order valence-electron chi connectivity index (χ0n) is 10.9. The third kappa shape index (κ3) is 2.20. The van der Waals surface area contributed by atoms with Gasteiger partial charge in [-0.05, 0) is 11.0 Å². The molecule has 1 amide bonds. The van der Waals surface area contributed by atoms with Crippen LogP contribution < -0.4 is 5.32 Å². The zero-order chi connectivity index (χ0) is 12.6. The molecule has 92 valence electrons. The topological polar surface area (TPSA) is 32.3 Å². The molecule has 1 heterocycles. The number of benzene rings is 1. The van der Waals surface area contributed by atoms with Crippen LogP contribution in [-0.2, 0) is 4.79 Å². The van der Waals surface area contributed by atoms with Crippen molar-refractivity contribution in [3.8, 4) is 0 Å². The summed E-state index contributed by atoms with van der Waals surface area (Å²) in [5, 5.41) is 3.42. The van der Waals surface area contributed by atoms with Gasteiger partial charge in [0, 0.05) is 7.05 Å². The first-order valence-corrected chi connectivity index (χ1v) is 5.99. The Hall–Kier alpha value is -1.35. The average Bonchev–Trinajstić information content (AvgIpc) is 2.57. The Balaban J connectivity index is 2.26. The number of hydrogen-bond donors (Lipinski definition) is 1. The van der Waals surface area contributed by atoms with Crippen LogP contribution in [0.2, 0.25) is 0 Å². The van der Waals surface area contributed by atoms with Gasteiger partial charge in [-0.3, -0.25) is 10.1 Å². The molecule has 0 radical (unpaired) electrons. The van der Waals surface area contributed by atoms with Crippen LogP contribution in [-0.4, -0.2) is 24.0 Å². The standard InChI is InChI=1S/C14H20N2O/c1-14(2,3)13-15-11(12(17)16(13)4)10-8-6-5-7-9-10/h5-9,11,13,15H,1-4H3/t11?,13-/m1/s1. The van der Waals surface area contributed by atoms with Gasteiger partial charge in [0.15, 0.2) is 0 Å². The number of likely N-dealkylation sites (N-methyl/N-ethyl adjacent to an activating group) is 1. The van der Waals surface area contributed by atoms with Gasteiger partial charge >= 0.3 is 0 Å². The Bertz CT molecular complexity index is 408. The maximum Gasteiger partial charge on any atom is 0.245 e. The van der Waals surface area contributed by atoms with Gasteiger partial charge < -0.3 is 4.90 Å². The van der Waals surface area contributed by atoms with Crippen LogP contribution in [0.15, 0.2) is 30.3 Å². The van der Waals surface area contributed by atoms with Gasteiger partial charge in [-0.15, -0.1) is 0 Å². The molecule has 3 heteroatoms. The average molecular weight is 232 g/mol. The van der Waals surface area contributed by atoms with E-state index in [1.165, 1.54) is 0 Å². The van der Waals surface area contributed by atoms with E-state index in [4.69, 9.17) is 0 Å². The van der Waals surface area contributed by atoms with E-state index in [9.17, 15) is 4.79 Å². The molecule has 3 nitrogen and oxygen atoms in total. The maximum absolute atomic E-state index is 12.2. The van der Waals surface area contributed by atoms with Gasteiger partial charge in [-0.1, -0.05) is 51.1 Å². The zero-order valence-corrected chi connectivity index (χ0v) is 10.9. The minimum Gasteiger partial charge on any atom is -0.328 e. The second kappa shape index (κ2) is 4.15. The van der Waals surface area contributed by atoms with E-state index >= 15 is 0 Å². The van der Waals surface area contributed by atoms with Crippen LogP contribution in [0.4, 0.5) is 0 Å². The molecule has 2 rings (SSSR count). The SMILES string of the molecule is CN1C(=O)C(c2ccccc2)N[C@H]1C(C)(C)C. The smallest absolute Gasteiger partial charge is 0.245 e. The van der Waals surface area contributed by atoms with Gasteiger partial charge in [0.25, 0.3) is 0 Å². The number of rotatable bonds is 1. The van der Waals surface area contributed by atoms with Gasteiger partial charge in [-0.2, -0.15) is 0 Å². The van der Waals surface area contributed by atoms with E-state index in [1.807, 2.05) is 42.3 Å². The Morgan fingerprint density at radius 3 is 2.24 bits per heavy atom. The molecule has 1 saturated heterocycles. The summed E-state index contributed by atoms with van der Waals surface area (Å²) >= 11 is 0. The monoisotopic (exact) mass is 232 g/mol. The predicted octanol–water partition coefficient (Wildman–Crippen LogP) is 2.16. The summed E-state index contributed by atoms with van der Waals surface area (Å²) < 4.78 is 0. The fourth-order valence-corrected chi connectivity index (χ4v) is 2.39. The number of carbonyl (C=O) groups excluding carboxylic acids is 1. The van der Waals surface area contributed by atoms with Gasteiger partial charge in [-0.25, -0.2) is 0 Å². The van der Waals surface area contributed by atoms with Crippen LogP contribution in [0.1, 0.15) is 32.4 Å². The molecule has 1 aliphatic heterocycles. The predicted molar refractivity (Wildman–Crippen MR) is 68.3 cm³/mol. The summed E-state index contributed by atoms with van der Waals surface area (Å²) in [5.74, 6) is 0.149. The summed E-state index contributed by atoms with van der Waals surface area (Å²) in [4.78, 5) is 14.0. The first kappa shape index (κ1) is 12.1. The first-order valence-electron chi connectivity index (χ1n) is 5.99. The number of amides is 1. The van der Waals surface area contributed by atoms with E-state index in [0.29, 0.717) is 0 Å². The van der Waals surface area contributed by atoms with Crippen LogP contribution in [0, 0.1) is 5.41 Å². The van der Waals surface area contributed by atoms with Gasteiger partial charge in [0.1, 0.15) is 6.04 Å². The van der Waals surface area contributed by atoms with Crippen molar-refractivity contribution in [2.45, 2.75) is 33.0 Å². The Kier molecular flexibility index (Phi) is 2.96. The Morgan fingerprint density at radius 2 is 1.76 bits per heavy atom. The number of nitrogens with one attached hydrogen (secondary N) is 1. The first-order chi connectivity index (χ1) is 7.91. The lowest BCUT2D eigenvalue weighted by molar-refractivity contribution is -0.129. The summed E-state index contributed by atoms with van der Waals surface area (Å²) in [7, 11) is 1.87. The molecule has 2 atom stereocenters. The summed E-state index contributed by atoms with van der Waals surface area (Å²) in [6.07, 6.45) is 0.0835. The molecule has 0 aliphatic carbocycles. The molecule has 0 saturated carbocycles. The highest BCUT2D eigenvalue weighted by molar-refractivity contribution is 5.85. The molecule has 1 unspecified atom stereocenters. The quantitative estimate of drug-likeness (QED) is 0.804. The molecule has 0 aromatic heterocycles. The van der Waals surface area contributed by atoms with Crippen molar-refractivity contribution in [3.63, 3.8) is 0 Å². The number of hydrogen-bond acceptors (Lipinski definition) is 2. The van der Waals surface area contributed by atoms with Gasteiger partial charge in [0.2, 0.25) is 5.91 Å². The second-order valence-corrected chi connectivity index (χ2v) is 5.73. The molecule has 17 heavy (non-hydrogen) atoms. The van der Waals surface area contributed by atoms with Crippen LogP contribution in [0.5, 0.6) is 0 Å². The Labute approximate surface area is 103 Å². The van der Waals surface area contributed by atoms with E-state index in [1.54, 1.807) is 0 Å². The van der Waals surface area contributed by atoms with E-state index in [-0.39, 0.29) is 23.5 Å². The third-order valence-electron chi connectivity index (χ3n) is 3.26. The molecule has 1 aromatic carbocycles. The van der Waals surface area contributed by atoms with E-state index < -0.39 is 0 Å². The van der Waals surface area contributed by atoms with Gasteiger partial charge in [0.05, 0.1) is 6.17 Å². The highest BCUT2D eigenvalue weighted by atomic mass is 16.2. The van der Waals surface area contributed by atoms with Crippen molar-refractivity contribution < 1.29 is 4.79 Å². The Morgan fingerprint density at radius 1 is 1.18 bits per heavy atom. The van der Waals surface area contributed by atoms with Crippen LogP contribution in [0.3, 0.4) is 0 Å². The summed E-state index contributed by atoms with van der Waals surface area (Å²) in [6, 6.07) is 9.69. The highest BCUT2D eigenvalue weighted by Gasteiger charge is 2.42. The van der Waals surface area contributed by atoms with Crippen molar-refractivity contribution in [1.29, 1.82) is 0 Å². The molecule has 1 N–H and O–H groups in total. The minimum absolute atomic E-state index is 0.0357. The molecule has 0 spiro atoms. The van der Waals surface area contributed by atoms with Crippen LogP contribution in [0.25, 0.3) is 0 Å². The van der Waals surface area contributed by atoms with Crippen molar-refractivity contribution in [2.24, 2.45) is 5.41 Å². The van der Waals surface area contributed by atoms with E-state index in [2.05, 4.69) is 26.1 Å². The van der Waals surface area contributed by atoms with E-state index in [0.717, 1.165) is 5.56 Å². The largest absolute Gasteiger partial charge is 0.328 e. The molecule has 1 aromatic rings. The molecule has 0 bridgehead atoms. The normalized spacial score (nSPS) is 25.4. The lowest BCUT2D eigenvalue weighted by Gasteiger charge is -2.32. The number of carbonyl (C=O) groups is 1. The second-order valence-electron chi connectivity index (χ2n) is 5.73. The van der Waals surface area contributed by atoms with Crippen molar-refractivity contribution in [1.82, 2.24) is 10.2 Å². The van der Waals surface area contributed by atoms with Crippen molar-refractivity contribution in [2.75, 3.05) is 7.05 Å².